The minimum absolute atomic E-state index is 0.186. The predicted octanol–water partition coefficient (Wildman–Crippen LogP) is 3.05. The number of nitrogens with zero attached hydrogens (tertiary/aromatic N) is 1. The second kappa shape index (κ2) is 6.01. The summed E-state index contributed by atoms with van der Waals surface area (Å²) in [4.78, 5) is 2.61. The van der Waals surface area contributed by atoms with E-state index in [9.17, 15) is 0 Å². The van der Waals surface area contributed by atoms with Gasteiger partial charge in [0.25, 0.3) is 0 Å². The van der Waals surface area contributed by atoms with E-state index < -0.39 is 0 Å². The van der Waals surface area contributed by atoms with Crippen molar-refractivity contribution in [1.29, 1.82) is 0 Å². The Kier molecular flexibility index (Phi) is 5.21. The second-order valence-electron chi connectivity index (χ2n) is 6.91. The van der Waals surface area contributed by atoms with Crippen LogP contribution in [0.3, 0.4) is 0 Å². The Labute approximate surface area is 107 Å². The molecule has 0 unspecified atom stereocenters. The highest BCUT2D eigenvalue weighted by Gasteiger charge is 2.29. The normalized spacial score (nSPS) is 16.9. The number of hydrogen-bond donors (Lipinski definition) is 1. The summed E-state index contributed by atoms with van der Waals surface area (Å²) in [5.41, 5.74) is 1.50. The van der Waals surface area contributed by atoms with Gasteiger partial charge in [0, 0.05) is 31.2 Å². The first-order chi connectivity index (χ1) is 7.78. The van der Waals surface area contributed by atoms with Gasteiger partial charge in [0.1, 0.15) is 0 Å². The fourth-order valence-corrected chi connectivity index (χ4v) is 1.98. The van der Waals surface area contributed by atoms with Crippen LogP contribution in [-0.2, 0) is 0 Å². The molecule has 1 aliphatic carbocycles. The summed E-state index contributed by atoms with van der Waals surface area (Å²) in [5.74, 6) is 0.749. The summed E-state index contributed by atoms with van der Waals surface area (Å²) in [6.07, 6.45) is 2.76. The molecule has 0 heterocycles. The van der Waals surface area contributed by atoms with Gasteiger partial charge in [-0.25, -0.2) is 0 Å². The van der Waals surface area contributed by atoms with E-state index in [1.807, 2.05) is 0 Å². The van der Waals surface area contributed by atoms with Gasteiger partial charge in [0.05, 0.1) is 0 Å². The van der Waals surface area contributed by atoms with Crippen molar-refractivity contribution < 1.29 is 0 Å². The van der Waals surface area contributed by atoms with Crippen molar-refractivity contribution in [3.8, 4) is 0 Å². The first-order valence-electron chi connectivity index (χ1n) is 6.93. The zero-order valence-electron chi connectivity index (χ0n) is 12.3. The fourth-order valence-electron chi connectivity index (χ4n) is 1.98. The van der Waals surface area contributed by atoms with Crippen LogP contribution in [0.4, 0.5) is 0 Å². The molecule has 0 spiro atoms. The van der Waals surface area contributed by atoms with Crippen LogP contribution in [0.1, 0.15) is 47.5 Å². The lowest BCUT2D eigenvalue weighted by molar-refractivity contribution is 0.250. The van der Waals surface area contributed by atoms with Gasteiger partial charge in [-0.3, -0.25) is 4.90 Å². The van der Waals surface area contributed by atoms with Crippen LogP contribution in [0.2, 0.25) is 0 Å². The van der Waals surface area contributed by atoms with E-state index in [0.29, 0.717) is 0 Å². The van der Waals surface area contributed by atoms with Crippen LogP contribution in [0.5, 0.6) is 0 Å². The lowest BCUT2D eigenvalue weighted by Crippen LogP contribution is -2.39. The highest BCUT2D eigenvalue weighted by molar-refractivity contribution is 5.03. The summed E-state index contributed by atoms with van der Waals surface area (Å²) in [6, 6.07) is 0.837. The third-order valence-electron chi connectivity index (χ3n) is 2.96. The monoisotopic (exact) mass is 238 g/mol. The summed E-state index contributed by atoms with van der Waals surface area (Å²) in [6.45, 7) is 18.6. The molecule has 0 atom stereocenters. The van der Waals surface area contributed by atoms with Crippen LogP contribution >= 0.6 is 0 Å². The molecular formula is C15H30N2. The average Bonchev–Trinajstić information content (AvgIpc) is 2.94. The number of rotatable bonds is 7. The largest absolute Gasteiger partial charge is 0.308 e. The molecule has 0 aromatic carbocycles. The first-order valence-corrected chi connectivity index (χ1v) is 6.93. The van der Waals surface area contributed by atoms with Gasteiger partial charge < -0.3 is 5.32 Å². The molecule has 0 saturated heterocycles. The molecule has 1 rings (SSSR count). The maximum Gasteiger partial charge on any atom is 0.0205 e. The predicted molar refractivity (Wildman–Crippen MR) is 76.3 cm³/mol. The maximum atomic E-state index is 4.21. The summed E-state index contributed by atoms with van der Waals surface area (Å²) < 4.78 is 0. The topological polar surface area (TPSA) is 15.3 Å². The number of hydrogen-bond acceptors (Lipinski definition) is 2. The molecule has 1 aliphatic rings. The Hall–Kier alpha value is -0.340. The minimum atomic E-state index is 0.186. The Morgan fingerprint density at radius 3 is 2.35 bits per heavy atom. The van der Waals surface area contributed by atoms with Crippen molar-refractivity contribution in [3.05, 3.63) is 12.2 Å². The maximum absolute atomic E-state index is 4.21. The zero-order chi connectivity index (χ0) is 13.1. The van der Waals surface area contributed by atoms with Crippen molar-refractivity contribution in [1.82, 2.24) is 10.2 Å². The van der Waals surface area contributed by atoms with E-state index in [0.717, 1.165) is 25.0 Å². The molecule has 1 N–H and O–H groups in total. The molecule has 0 amide bonds. The molecule has 100 valence electrons. The van der Waals surface area contributed by atoms with E-state index in [4.69, 9.17) is 0 Å². The average molecular weight is 238 g/mol. The third-order valence-corrected chi connectivity index (χ3v) is 2.96. The smallest absolute Gasteiger partial charge is 0.0205 e. The molecule has 1 saturated carbocycles. The van der Waals surface area contributed by atoms with Crippen molar-refractivity contribution in [2.75, 3.05) is 19.6 Å². The molecule has 0 aromatic rings. The minimum Gasteiger partial charge on any atom is -0.308 e. The van der Waals surface area contributed by atoms with E-state index in [1.54, 1.807) is 0 Å². The molecule has 0 aromatic heterocycles. The third kappa shape index (κ3) is 6.85. The van der Waals surface area contributed by atoms with Crippen molar-refractivity contribution >= 4 is 0 Å². The quantitative estimate of drug-likeness (QED) is 0.686. The van der Waals surface area contributed by atoms with E-state index in [-0.39, 0.29) is 5.54 Å². The second-order valence-corrected chi connectivity index (χ2v) is 6.91. The Bertz CT molecular complexity index is 246. The first kappa shape index (κ1) is 14.7. The van der Waals surface area contributed by atoms with Crippen LogP contribution in [-0.4, -0.2) is 36.1 Å². The van der Waals surface area contributed by atoms with Crippen LogP contribution in [0.25, 0.3) is 0 Å². The van der Waals surface area contributed by atoms with Crippen LogP contribution in [0.15, 0.2) is 12.2 Å². The molecule has 2 nitrogen and oxygen atoms in total. The van der Waals surface area contributed by atoms with Crippen molar-refractivity contribution in [3.63, 3.8) is 0 Å². The van der Waals surface area contributed by atoms with Gasteiger partial charge >= 0.3 is 0 Å². The molecular weight excluding hydrogens is 208 g/mol. The molecule has 2 heteroatoms. The molecule has 17 heavy (non-hydrogen) atoms. The standard InChI is InChI=1S/C15H30N2/c1-12(2)10-17(14-7-8-14)11-13(3)9-16-15(4,5)6/h12,14,16H,3,7-11H2,1-2,4-6H3. The highest BCUT2D eigenvalue weighted by Crippen LogP contribution is 2.28. The van der Waals surface area contributed by atoms with E-state index in [1.165, 1.54) is 25.0 Å². The van der Waals surface area contributed by atoms with Gasteiger partial charge in [-0.2, -0.15) is 0 Å². The molecule has 0 aliphatic heterocycles. The lowest BCUT2D eigenvalue weighted by Gasteiger charge is -2.27. The van der Waals surface area contributed by atoms with E-state index in [2.05, 4.69) is 51.4 Å². The highest BCUT2D eigenvalue weighted by atomic mass is 15.2. The number of nitrogens with one attached hydrogen (secondary N) is 1. The molecule has 0 bridgehead atoms. The van der Waals surface area contributed by atoms with Crippen LogP contribution < -0.4 is 5.32 Å². The zero-order valence-corrected chi connectivity index (χ0v) is 12.3. The van der Waals surface area contributed by atoms with Gasteiger partial charge in [-0.05, 0) is 45.1 Å². The lowest BCUT2D eigenvalue weighted by atomic mass is 10.1. The molecule has 0 radical (unpaired) electrons. The summed E-state index contributed by atoms with van der Waals surface area (Å²) in [7, 11) is 0. The van der Waals surface area contributed by atoms with Crippen molar-refractivity contribution in [2.45, 2.75) is 59.0 Å². The SMILES string of the molecule is C=C(CNC(C)(C)C)CN(CC(C)C)C1CC1. The molecule has 1 fully saturated rings. The fraction of sp³-hybridized carbons (Fsp3) is 0.867. The Morgan fingerprint density at radius 1 is 1.35 bits per heavy atom. The van der Waals surface area contributed by atoms with Crippen molar-refractivity contribution in [2.24, 2.45) is 5.92 Å². The summed E-state index contributed by atoms with van der Waals surface area (Å²) in [5, 5.41) is 3.51. The van der Waals surface area contributed by atoms with Crippen LogP contribution in [0, 0.1) is 5.92 Å². The van der Waals surface area contributed by atoms with Gasteiger partial charge in [-0.15, -0.1) is 0 Å². The Morgan fingerprint density at radius 2 is 1.94 bits per heavy atom. The summed E-state index contributed by atoms with van der Waals surface area (Å²) >= 11 is 0. The van der Waals surface area contributed by atoms with Gasteiger partial charge in [0.2, 0.25) is 0 Å². The van der Waals surface area contributed by atoms with Gasteiger partial charge in [-0.1, -0.05) is 20.4 Å². The van der Waals surface area contributed by atoms with Gasteiger partial charge in [0.15, 0.2) is 0 Å². The Balaban J connectivity index is 2.31. The van der Waals surface area contributed by atoms with E-state index >= 15 is 0 Å².